The first kappa shape index (κ1) is 18.8. The van der Waals surface area contributed by atoms with E-state index in [0.29, 0.717) is 29.4 Å². The number of carbonyl (C=O) groups is 1. The van der Waals surface area contributed by atoms with Gasteiger partial charge < -0.3 is 24.4 Å². The maximum absolute atomic E-state index is 10.6. The normalized spacial score (nSPS) is 10.7. The molecule has 6 heteroatoms. The van der Waals surface area contributed by atoms with Crippen LogP contribution in [0.5, 0.6) is 17.2 Å². The number of aliphatic hydroxyl groups excluding tert-OH is 1. The summed E-state index contributed by atoms with van der Waals surface area (Å²) < 4.78 is 16.4. The summed E-state index contributed by atoms with van der Waals surface area (Å²) >= 11 is 0. The molecule has 0 heterocycles. The number of aliphatic carboxylic acids is 1. The van der Waals surface area contributed by atoms with Gasteiger partial charge in [-0.3, -0.25) is 0 Å². The maximum Gasteiger partial charge on any atom is 0.328 e. The van der Waals surface area contributed by atoms with Gasteiger partial charge in [0.25, 0.3) is 0 Å². The van der Waals surface area contributed by atoms with E-state index in [0.717, 1.165) is 31.8 Å². The molecule has 0 aliphatic carbocycles. The van der Waals surface area contributed by atoms with Gasteiger partial charge >= 0.3 is 5.97 Å². The fourth-order valence-electron chi connectivity index (χ4n) is 2.05. The van der Waals surface area contributed by atoms with Crippen LogP contribution >= 0.6 is 0 Å². The molecule has 1 rings (SSSR count). The Labute approximate surface area is 136 Å². The second-order valence-electron chi connectivity index (χ2n) is 4.91. The smallest absolute Gasteiger partial charge is 0.328 e. The number of hydrogen-bond acceptors (Lipinski definition) is 5. The molecule has 0 aromatic heterocycles. The van der Waals surface area contributed by atoms with Crippen molar-refractivity contribution < 1.29 is 29.2 Å². The zero-order chi connectivity index (χ0) is 17.1. The summed E-state index contributed by atoms with van der Waals surface area (Å²) in [6.45, 7) is 0.732. The Hall–Kier alpha value is -2.21. The minimum atomic E-state index is -1.02. The molecule has 0 saturated heterocycles. The van der Waals surface area contributed by atoms with Crippen molar-refractivity contribution in [1.82, 2.24) is 0 Å². The van der Waals surface area contributed by atoms with E-state index in [9.17, 15) is 4.79 Å². The van der Waals surface area contributed by atoms with E-state index in [1.807, 2.05) is 0 Å². The SMILES string of the molecule is COc1cc(/C=C/C(=O)O)cc(OC)c1OCCCCCCO. The monoisotopic (exact) mass is 324 g/mol. The number of rotatable bonds is 11. The molecule has 23 heavy (non-hydrogen) atoms. The number of unbranched alkanes of at least 4 members (excludes halogenated alkanes) is 3. The van der Waals surface area contributed by atoms with Crippen LogP contribution in [0, 0.1) is 0 Å². The average molecular weight is 324 g/mol. The molecule has 0 spiro atoms. The minimum absolute atomic E-state index is 0.216. The lowest BCUT2D eigenvalue weighted by atomic mass is 10.1. The van der Waals surface area contributed by atoms with Crippen molar-refractivity contribution in [3.63, 3.8) is 0 Å². The highest BCUT2D eigenvalue weighted by Crippen LogP contribution is 2.39. The number of methoxy groups -OCH3 is 2. The van der Waals surface area contributed by atoms with Crippen molar-refractivity contribution >= 4 is 12.0 Å². The van der Waals surface area contributed by atoms with Crippen molar-refractivity contribution in [3.05, 3.63) is 23.8 Å². The molecule has 0 aliphatic rings. The molecule has 0 saturated carbocycles. The minimum Gasteiger partial charge on any atom is -0.493 e. The second-order valence-corrected chi connectivity index (χ2v) is 4.91. The molecule has 0 amide bonds. The number of carboxylic acid groups (broad SMARTS) is 1. The Kier molecular flexibility index (Phi) is 8.60. The molecule has 0 atom stereocenters. The van der Waals surface area contributed by atoms with Crippen LogP contribution in [0.4, 0.5) is 0 Å². The third kappa shape index (κ3) is 6.61. The highest BCUT2D eigenvalue weighted by atomic mass is 16.5. The first-order valence-electron chi connectivity index (χ1n) is 7.53. The van der Waals surface area contributed by atoms with Crippen LogP contribution in [-0.4, -0.2) is 43.6 Å². The molecule has 0 aliphatic heterocycles. The van der Waals surface area contributed by atoms with Crippen LogP contribution in [0.25, 0.3) is 6.08 Å². The van der Waals surface area contributed by atoms with Gasteiger partial charge in [-0.25, -0.2) is 4.79 Å². The Morgan fingerprint density at radius 2 is 1.70 bits per heavy atom. The van der Waals surface area contributed by atoms with Gasteiger partial charge in [-0.15, -0.1) is 0 Å². The van der Waals surface area contributed by atoms with E-state index >= 15 is 0 Å². The molecule has 0 unspecified atom stereocenters. The predicted molar refractivity (Wildman–Crippen MR) is 87.3 cm³/mol. The van der Waals surface area contributed by atoms with Gasteiger partial charge in [-0.05, 0) is 43.0 Å². The van der Waals surface area contributed by atoms with Gasteiger partial charge in [0.2, 0.25) is 5.75 Å². The molecule has 2 N–H and O–H groups in total. The first-order valence-corrected chi connectivity index (χ1v) is 7.53. The lowest BCUT2D eigenvalue weighted by Crippen LogP contribution is -2.02. The van der Waals surface area contributed by atoms with Crippen molar-refractivity contribution in [3.8, 4) is 17.2 Å². The van der Waals surface area contributed by atoms with Crippen LogP contribution in [0.1, 0.15) is 31.2 Å². The number of aliphatic hydroxyl groups is 1. The van der Waals surface area contributed by atoms with Crippen LogP contribution in [0.15, 0.2) is 18.2 Å². The molecule has 128 valence electrons. The number of carboxylic acids is 1. The van der Waals surface area contributed by atoms with Crippen molar-refractivity contribution in [2.75, 3.05) is 27.4 Å². The topological polar surface area (TPSA) is 85.2 Å². The molecule has 0 radical (unpaired) electrons. The summed E-state index contributed by atoms with van der Waals surface area (Å²) in [6.07, 6.45) is 6.13. The zero-order valence-corrected chi connectivity index (χ0v) is 13.6. The lowest BCUT2D eigenvalue weighted by molar-refractivity contribution is -0.131. The van der Waals surface area contributed by atoms with Gasteiger partial charge in [0, 0.05) is 12.7 Å². The third-order valence-electron chi connectivity index (χ3n) is 3.20. The van der Waals surface area contributed by atoms with Crippen molar-refractivity contribution in [1.29, 1.82) is 0 Å². The van der Waals surface area contributed by atoms with Crippen molar-refractivity contribution in [2.24, 2.45) is 0 Å². The number of hydrogen-bond donors (Lipinski definition) is 2. The summed E-state index contributed by atoms with van der Waals surface area (Å²) in [5, 5.41) is 17.4. The molecule has 6 nitrogen and oxygen atoms in total. The van der Waals surface area contributed by atoms with Crippen LogP contribution in [-0.2, 0) is 4.79 Å². The second kappa shape index (κ2) is 10.5. The van der Waals surface area contributed by atoms with Gasteiger partial charge in [0.15, 0.2) is 11.5 Å². The highest BCUT2D eigenvalue weighted by molar-refractivity contribution is 5.85. The molecule has 0 bridgehead atoms. The molecular weight excluding hydrogens is 300 g/mol. The van der Waals surface area contributed by atoms with E-state index in [2.05, 4.69) is 0 Å². The van der Waals surface area contributed by atoms with E-state index < -0.39 is 5.97 Å². The maximum atomic E-state index is 10.6. The van der Waals surface area contributed by atoms with E-state index in [4.69, 9.17) is 24.4 Å². The quantitative estimate of drug-likeness (QED) is 0.481. The Bertz CT molecular complexity index is 499. The number of ether oxygens (including phenoxy) is 3. The summed E-state index contributed by atoms with van der Waals surface area (Å²) in [4.78, 5) is 10.6. The largest absolute Gasteiger partial charge is 0.493 e. The van der Waals surface area contributed by atoms with Gasteiger partial charge in [0.05, 0.1) is 20.8 Å². The van der Waals surface area contributed by atoms with Crippen LogP contribution in [0.2, 0.25) is 0 Å². The van der Waals surface area contributed by atoms with Gasteiger partial charge in [0.1, 0.15) is 0 Å². The van der Waals surface area contributed by atoms with Crippen LogP contribution < -0.4 is 14.2 Å². The molecule has 1 aromatic carbocycles. The first-order chi connectivity index (χ1) is 11.1. The average Bonchev–Trinajstić information content (AvgIpc) is 2.55. The summed E-state index contributed by atoms with van der Waals surface area (Å²) in [5.41, 5.74) is 0.649. The van der Waals surface area contributed by atoms with Gasteiger partial charge in [-0.2, -0.15) is 0 Å². The van der Waals surface area contributed by atoms with Gasteiger partial charge in [-0.1, -0.05) is 6.42 Å². The predicted octanol–water partition coefficient (Wildman–Crippen LogP) is 2.73. The van der Waals surface area contributed by atoms with E-state index in [-0.39, 0.29) is 6.61 Å². The summed E-state index contributed by atoms with van der Waals surface area (Å²) in [7, 11) is 3.04. The summed E-state index contributed by atoms with van der Waals surface area (Å²) in [6, 6.07) is 3.39. The summed E-state index contributed by atoms with van der Waals surface area (Å²) in [5.74, 6) is 0.463. The standard InChI is InChI=1S/C17H24O6/c1-21-14-11-13(7-8-16(19)20)12-15(22-2)17(14)23-10-6-4-3-5-9-18/h7-8,11-12,18H,3-6,9-10H2,1-2H3,(H,19,20)/b8-7+. The molecule has 0 fully saturated rings. The zero-order valence-electron chi connectivity index (χ0n) is 13.6. The molecular formula is C17H24O6. The third-order valence-corrected chi connectivity index (χ3v) is 3.20. The molecule has 1 aromatic rings. The number of benzene rings is 1. The highest BCUT2D eigenvalue weighted by Gasteiger charge is 2.13. The fraction of sp³-hybridized carbons (Fsp3) is 0.471. The van der Waals surface area contributed by atoms with E-state index in [1.54, 1.807) is 12.1 Å². The fourth-order valence-corrected chi connectivity index (χ4v) is 2.05. The Morgan fingerprint density at radius 3 is 2.22 bits per heavy atom. The van der Waals surface area contributed by atoms with E-state index in [1.165, 1.54) is 20.3 Å². The lowest BCUT2D eigenvalue weighted by Gasteiger charge is -2.15. The van der Waals surface area contributed by atoms with Crippen molar-refractivity contribution in [2.45, 2.75) is 25.7 Å². The Morgan fingerprint density at radius 1 is 1.09 bits per heavy atom. The van der Waals surface area contributed by atoms with Crippen LogP contribution in [0.3, 0.4) is 0 Å². The Balaban J connectivity index is 2.79.